The van der Waals surface area contributed by atoms with Crippen molar-refractivity contribution in [2.75, 3.05) is 32.6 Å². The number of carbonyl (C=O) groups excluding carboxylic acids is 1. The van der Waals surface area contributed by atoms with Crippen molar-refractivity contribution in [3.05, 3.63) is 84.7 Å². The predicted octanol–water partition coefficient (Wildman–Crippen LogP) is 5.97. The lowest BCUT2D eigenvalue weighted by molar-refractivity contribution is -0.111. The number of aromatic nitrogens is 2. The number of rotatable bonds is 11. The number of phosphoric acid groups is 1. The van der Waals surface area contributed by atoms with Crippen LogP contribution in [0.1, 0.15) is 25.6 Å². The second kappa shape index (κ2) is 13.0. The van der Waals surface area contributed by atoms with Gasteiger partial charge in [0.25, 0.3) is 0 Å². The zero-order valence-corrected chi connectivity index (χ0v) is 24.2. The summed E-state index contributed by atoms with van der Waals surface area (Å²) in [5.41, 5.74) is 4.82. The lowest BCUT2D eigenvalue weighted by Gasteiger charge is -2.18. The van der Waals surface area contributed by atoms with E-state index in [-0.39, 0.29) is 12.5 Å². The summed E-state index contributed by atoms with van der Waals surface area (Å²) in [6.45, 7) is 3.91. The van der Waals surface area contributed by atoms with Crippen molar-refractivity contribution in [3.8, 4) is 28.3 Å². The molecule has 2 atom stereocenters. The molecule has 4 rings (SSSR count). The largest absolute Gasteiger partial charge is 0.474 e. The highest BCUT2D eigenvalue weighted by Gasteiger charge is 2.26. The highest BCUT2D eigenvalue weighted by Crippen LogP contribution is 2.47. The SMILES string of the molecule is CCOP(=O)(O)OC(C)n1cc(-c2cccc(C#N)c2)c2cc(-c3cccc(NC(=O)/C=C/CN(C)C)c3)cnc21. The second-order valence-electron chi connectivity index (χ2n) is 9.56. The molecule has 212 valence electrons. The first-order chi connectivity index (χ1) is 19.6. The number of fused-ring (bicyclic) bond motifs is 1. The van der Waals surface area contributed by atoms with Crippen LogP contribution in [-0.2, 0) is 18.4 Å². The van der Waals surface area contributed by atoms with Gasteiger partial charge in [0.15, 0.2) is 0 Å². The van der Waals surface area contributed by atoms with Crippen molar-refractivity contribution < 1.29 is 23.3 Å². The van der Waals surface area contributed by atoms with Crippen LogP contribution in [0.3, 0.4) is 0 Å². The van der Waals surface area contributed by atoms with E-state index >= 15 is 0 Å². The van der Waals surface area contributed by atoms with Crippen LogP contribution >= 0.6 is 7.82 Å². The predicted molar refractivity (Wildman–Crippen MR) is 159 cm³/mol. The Balaban J connectivity index is 1.75. The van der Waals surface area contributed by atoms with Crippen molar-refractivity contribution in [2.24, 2.45) is 0 Å². The quantitative estimate of drug-likeness (QED) is 0.166. The minimum absolute atomic E-state index is 0.0205. The molecule has 0 bridgehead atoms. The molecule has 0 saturated heterocycles. The number of anilines is 1. The van der Waals surface area contributed by atoms with Crippen LogP contribution in [0, 0.1) is 11.3 Å². The van der Waals surface area contributed by atoms with Crippen LogP contribution in [-0.4, -0.2) is 52.5 Å². The molecule has 2 unspecified atom stereocenters. The lowest BCUT2D eigenvalue weighted by atomic mass is 10.0. The number of likely N-dealkylation sites (N-methyl/N-ethyl adjacent to an activating group) is 1. The van der Waals surface area contributed by atoms with Crippen LogP contribution in [0.4, 0.5) is 5.69 Å². The van der Waals surface area contributed by atoms with Crippen LogP contribution in [0.15, 0.2) is 79.1 Å². The maximum Gasteiger partial charge on any atom is 0.474 e. The van der Waals surface area contributed by atoms with Crippen LogP contribution in [0.25, 0.3) is 33.3 Å². The zero-order valence-electron chi connectivity index (χ0n) is 23.3. The molecule has 0 fully saturated rings. The molecule has 0 aliphatic carbocycles. The summed E-state index contributed by atoms with van der Waals surface area (Å²) < 4.78 is 24.3. The van der Waals surface area contributed by atoms with E-state index in [0.29, 0.717) is 23.4 Å². The summed E-state index contributed by atoms with van der Waals surface area (Å²) in [7, 11) is -0.435. The van der Waals surface area contributed by atoms with Gasteiger partial charge in [-0.05, 0) is 69.4 Å². The van der Waals surface area contributed by atoms with Gasteiger partial charge in [-0.25, -0.2) is 9.55 Å². The Hall–Kier alpha value is -4.10. The molecule has 2 N–H and O–H groups in total. The molecule has 2 aromatic heterocycles. The molecule has 0 radical (unpaired) electrons. The monoisotopic (exact) mass is 573 g/mol. The van der Waals surface area contributed by atoms with Crippen molar-refractivity contribution in [1.29, 1.82) is 5.26 Å². The second-order valence-corrected chi connectivity index (χ2v) is 11.0. The maximum absolute atomic E-state index is 12.4. The minimum Gasteiger partial charge on any atom is -0.323 e. The molecule has 41 heavy (non-hydrogen) atoms. The molecule has 10 nitrogen and oxygen atoms in total. The smallest absolute Gasteiger partial charge is 0.323 e. The fraction of sp³-hybridized carbons (Fsp3) is 0.233. The maximum atomic E-state index is 12.4. The van der Waals surface area contributed by atoms with Gasteiger partial charge in [-0.15, -0.1) is 0 Å². The van der Waals surface area contributed by atoms with E-state index in [2.05, 4.69) is 11.4 Å². The molecule has 4 aromatic rings. The third-order valence-corrected chi connectivity index (χ3v) is 7.30. The Morgan fingerprint density at radius 2 is 1.95 bits per heavy atom. The van der Waals surface area contributed by atoms with E-state index in [1.54, 1.807) is 55.1 Å². The van der Waals surface area contributed by atoms with E-state index in [1.807, 2.05) is 55.4 Å². The molecule has 0 spiro atoms. The van der Waals surface area contributed by atoms with Crippen molar-refractivity contribution >= 4 is 30.5 Å². The highest BCUT2D eigenvalue weighted by atomic mass is 31.2. The summed E-state index contributed by atoms with van der Waals surface area (Å²) >= 11 is 0. The number of nitrogens with one attached hydrogen (secondary N) is 1. The first-order valence-corrected chi connectivity index (χ1v) is 14.5. The lowest BCUT2D eigenvalue weighted by Crippen LogP contribution is -2.12. The Morgan fingerprint density at radius 1 is 1.20 bits per heavy atom. The van der Waals surface area contributed by atoms with Gasteiger partial charge in [0.05, 0.1) is 18.2 Å². The molecule has 2 heterocycles. The van der Waals surface area contributed by atoms with Gasteiger partial charge in [-0.1, -0.05) is 30.3 Å². The Bertz CT molecular complexity index is 1670. The number of carbonyl (C=O) groups is 1. The van der Waals surface area contributed by atoms with Crippen molar-refractivity contribution in [3.63, 3.8) is 0 Å². The summed E-state index contributed by atoms with van der Waals surface area (Å²) in [4.78, 5) is 29.1. The third-order valence-electron chi connectivity index (χ3n) is 6.15. The Kier molecular flexibility index (Phi) is 9.50. The molecule has 11 heteroatoms. The standard InChI is InChI=1S/C30H32N5O5P/c1-5-39-41(37,38)40-21(2)35-20-28(24-11-6-9-22(15-24)18-31)27-17-25(19-32-30(27)35)23-10-7-12-26(16-23)33-29(36)13-8-14-34(3)4/h6-13,15-17,19-21H,5,14H2,1-4H3,(H,33,36)(H,37,38)/b13-8+. The Morgan fingerprint density at radius 3 is 2.68 bits per heavy atom. The first-order valence-electron chi connectivity index (χ1n) is 13.0. The number of pyridine rings is 1. The number of nitriles is 1. The zero-order chi connectivity index (χ0) is 29.6. The average Bonchev–Trinajstić information content (AvgIpc) is 3.32. The summed E-state index contributed by atoms with van der Waals surface area (Å²) in [5.74, 6) is -0.225. The van der Waals surface area contributed by atoms with E-state index in [0.717, 1.165) is 27.6 Å². The van der Waals surface area contributed by atoms with E-state index in [4.69, 9.17) is 14.0 Å². The van der Waals surface area contributed by atoms with Gasteiger partial charge in [-0.2, -0.15) is 5.26 Å². The van der Waals surface area contributed by atoms with Gasteiger partial charge >= 0.3 is 7.82 Å². The molecule has 0 aliphatic heterocycles. The van der Waals surface area contributed by atoms with Crippen molar-refractivity contribution in [2.45, 2.75) is 20.1 Å². The fourth-order valence-electron chi connectivity index (χ4n) is 4.32. The van der Waals surface area contributed by atoms with Gasteiger partial charge in [0, 0.05) is 47.2 Å². The van der Waals surface area contributed by atoms with Gasteiger partial charge < -0.3 is 19.7 Å². The van der Waals surface area contributed by atoms with E-state index < -0.39 is 14.1 Å². The first kappa shape index (κ1) is 29.9. The van der Waals surface area contributed by atoms with E-state index in [1.165, 1.54) is 6.08 Å². The summed E-state index contributed by atoms with van der Waals surface area (Å²) in [5, 5.41) is 13.1. The number of hydrogen-bond acceptors (Lipinski definition) is 7. The number of nitrogens with zero attached hydrogens (tertiary/aromatic N) is 4. The molecular weight excluding hydrogens is 541 g/mol. The number of hydrogen-bond donors (Lipinski definition) is 2. The van der Waals surface area contributed by atoms with Crippen LogP contribution in [0.2, 0.25) is 0 Å². The fourth-order valence-corrected chi connectivity index (χ4v) is 5.20. The number of phosphoric ester groups is 1. The third kappa shape index (κ3) is 7.55. The normalized spacial score (nSPS) is 13.8. The van der Waals surface area contributed by atoms with E-state index in [9.17, 15) is 19.5 Å². The van der Waals surface area contributed by atoms with Gasteiger partial charge in [-0.3, -0.25) is 13.8 Å². The molecule has 0 saturated carbocycles. The summed E-state index contributed by atoms with van der Waals surface area (Å²) in [6, 6.07) is 18.7. The van der Waals surface area contributed by atoms with Crippen LogP contribution < -0.4 is 5.32 Å². The molecule has 2 aromatic carbocycles. The molecular formula is C30H32N5O5P. The van der Waals surface area contributed by atoms with Gasteiger partial charge in [0.1, 0.15) is 11.9 Å². The topological polar surface area (TPSA) is 130 Å². The van der Waals surface area contributed by atoms with Crippen molar-refractivity contribution in [1.82, 2.24) is 14.5 Å². The number of benzene rings is 2. The number of amides is 1. The minimum atomic E-state index is -4.29. The average molecular weight is 574 g/mol. The molecule has 1 amide bonds. The molecule has 0 aliphatic rings. The van der Waals surface area contributed by atoms with Gasteiger partial charge in [0.2, 0.25) is 5.91 Å². The Labute approximate surface area is 239 Å². The summed E-state index contributed by atoms with van der Waals surface area (Å²) in [6.07, 6.45) is 5.89. The van der Waals surface area contributed by atoms with Crippen LogP contribution in [0.5, 0.6) is 0 Å². The highest BCUT2D eigenvalue weighted by molar-refractivity contribution is 7.47.